The third kappa shape index (κ3) is 2.58. The lowest BCUT2D eigenvalue weighted by Crippen LogP contribution is -2.40. The number of allylic oxidation sites excluding steroid dienone is 1. The SMILES string of the molecule is O=c1c(=O)n(C2=C=CCC2)ccn1Cc1cc(-c2nccs2)on1. The fraction of sp³-hybridized carbons (Fsp3) is 0.188. The van der Waals surface area contributed by atoms with Crippen LogP contribution in [0.5, 0.6) is 0 Å². The molecule has 3 aromatic heterocycles. The van der Waals surface area contributed by atoms with E-state index in [2.05, 4.69) is 15.9 Å². The summed E-state index contributed by atoms with van der Waals surface area (Å²) in [5.74, 6) is 0.544. The summed E-state index contributed by atoms with van der Waals surface area (Å²) in [5.41, 5.74) is 3.09. The molecule has 3 heterocycles. The second-order valence-electron chi connectivity index (χ2n) is 5.26. The lowest BCUT2D eigenvalue weighted by atomic mass is 10.3. The highest BCUT2D eigenvalue weighted by Crippen LogP contribution is 2.22. The van der Waals surface area contributed by atoms with E-state index in [9.17, 15) is 9.59 Å². The summed E-state index contributed by atoms with van der Waals surface area (Å²) in [6, 6.07) is 1.72. The summed E-state index contributed by atoms with van der Waals surface area (Å²) in [6.45, 7) is 0.165. The van der Waals surface area contributed by atoms with Crippen molar-refractivity contribution in [3.63, 3.8) is 0 Å². The number of hydrogen-bond acceptors (Lipinski definition) is 6. The molecule has 8 heteroatoms. The lowest BCUT2D eigenvalue weighted by Gasteiger charge is -2.07. The molecular formula is C16H12N4O3S. The Morgan fingerprint density at radius 3 is 2.96 bits per heavy atom. The molecule has 1 aliphatic rings. The van der Waals surface area contributed by atoms with Crippen LogP contribution in [-0.2, 0) is 6.54 Å². The molecule has 0 spiro atoms. The maximum atomic E-state index is 12.3. The topological polar surface area (TPSA) is 82.9 Å². The Labute approximate surface area is 139 Å². The minimum Gasteiger partial charge on any atom is -0.353 e. The van der Waals surface area contributed by atoms with Crippen molar-refractivity contribution < 1.29 is 4.52 Å². The molecule has 0 fully saturated rings. The molecule has 4 rings (SSSR count). The van der Waals surface area contributed by atoms with Crippen LogP contribution in [0, 0.1) is 0 Å². The van der Waals surface area contributed by atoms with Gasteiger partial charge in [0.15, 0.2) is 10.8 Å². The number of nitrogens with zero attached hydrogens (tertiary/aromatic N) is 4. The van der Waals surface area contributed by atoms with Crippen LogP contribution >= 0.6 is 11.3 Å². The largest absolute Gasteiger partial charge is 0.353 e. The molecule has 120 valence electrons. The first-order valence-corrected chi connectivity index (χ1v) is 8.22. The third-order valence-electron chi connectivity index (χ3n) is 3.68. The Hall–Kier alpha value is -2.96. The van der Waals surface area contributed by atoms with Gasteiger partial charge in [-0.15, -0.1) is 17.1 Å². The predicted molar refractivity (Wildman–Crippen MR) is 88.7 cm³/mol. The average molecular weight is 340 g/mol. The summed E-state index contributed by atoms with van der Waals surface area (Å²) in [4.78, 5) is 28.7. The molecule has 0 radical (unpaired) electrons. The van der Waals surface area contributed by atoms with E-state index in [0.29, 0.717) is 17.9 Å². The van der Waals surface area contributed by atoms with Crippen molar-refractivity contribution >= 4 is 17.0 Å². The molecular weight excluding hydrogens is 328 g/mol. The first-order valence-electron chi connectivity index (χ1n) is 7.34. The molecule has 0 bridgehead atoms. The van der Waals surface area contributed by atoms with Crippen molar-refractivity contribution in [3.8, 4) is 10.8 Å². The zero-order valence-corrected chi connectivity index (χ0v) is 13.3. The molecule has 0 N–H and O–H groups in total. The first kappa shape index (κ1) is 14.6. The summed E-state index contributed by atoms with van der Waals surface area (Å²) < 4.78 is 7.91. The minimum atomic E-state index is -0.600. The van der Waals surface area contributed by atoms with E-state index in [0.717, 1.165) is 17.1 Å². The van der Waals surface area contributed by atoms with Crippen LogP contribution in [0.15, 0.2) is 56.0 Å². The van der Waals surface area contributed by atoms with E-state index in [1.807, 2.05) is 11.5 Å². The average Bonchev–Trinajstić information content (AvgIpc) is 3.32. The molecule has 0 atom stereocenters. The van der Waals surface area contributed by atoms with Crippen LogP contribution in [0.25, 0.3) is 16.5 Å². The van der Waals surface area contributed by atoms with Gasteiger partial charge in [-0.1, -0.05) is 5.16 Å². The Morgan fingerprint density at radius 1 is 1.29 bits per heavy atom. The van der Waals surface area contributed by atoms with Gasteiger partial charge < -0.3 is 9.09 Å². The number of hydrogen-bond donors (Lipinski definition) is 0. The van der Waals surface area contributed by atoms with Gasteiger partial charge in [0.2, 0.25) is 0 Å². The van der Waals surface area contributed by atoms with Crippen LogP contribution in [0.4, 0.5) is 0 Å². The van der Waals surface area contributed by atoms with Crippen molar-refractivity contribution in [2.75, 3.05) is 0 Å². The monoisotopic (exact) mass is 340 g/mol. The van der Waals surface area contributed by atoms with Crippen molar-refractivity contribution in [1.82, 2.24) is 19.3 Å². The third-order valence-corrected chi connectivity index (χ3v) is 4.47. The van der Waals surface area contributed by atoms with E-state index >= 15 is 0 Å². The summed E-state index contributed by atoms with van der Waals surface area (Å²) in [6.07, 6.45) is 8.26. The summed E-state index contributed by atoms with van der Waals surface area (Å²) in [7, 11) is 0. The molecule has 0 amide bonds. The summed E-state index contributed by atoms with van der Waals surface area (Å²) in [5, 5.41) is 6.50. The van der Waals surface area contributed by atoms with E-state index in [-0.39, 0.29) is 6.54 Å². The second kappa shape index (κ2) is 5.92. The fourth-order valence-electron chi connectivity index (χ4n) is 2.51. The van der Waals surface area contributed by atoms with E-state index in [1.54, 1.807) is 24.7 Å². The Bertz CT molecular complexity index is 1070. The summed E-state index contributed by atoms with van der Waals surface area (Å²) >= 11 is 1.44. The molecule has 3 aromatic rings. The maximum Gasteiger partial charge on any atom is 0.321 e. The van der Waals surface area contributed by atoms with Gasteiger partial charge in [-0.05, 0) is 18.9 Å². The van der Waals surface area contributed by atoms with Crippen molar-refractivity contribution in [3.05, 3.63) is 68.2 Å². The van der Waals surface area contributed by atoms with Crippen molar-refractivity contribution in [2.24, 2.45) is 0 Å². The zero-order chi connectivity index (χ0) is 16.5. The van der Waals surface area contributed by atoms with Crippen molar-refractivity contribution in [1.29, 1.82) is 0 Å². The van der Waals surface area contributed by atoms with Crippen LogP contribution in [-0.4, -0.2) is 19.3 Å². The van der Waals surface area contributed by atoms with Gasteiger partial charge in [0.1, 0.15) is 5.69 Å². The van der Waals surface area contributed by atoms with Crippen molar-refractivity contribution in [2.45, 2.75) is 19.4 Å². The van der Waals surface area contributed by atoms with Gasteiger partial charge in [-0.3, -0.25) is 14.2 Å². The van der Waals surface area contributed by atoms with Crippen LogP contribution in [0.1, 0.15) is 18.5 Å². The minimum absolute atomic E-state index is 0.165. The number of aromatic nitrogens is 4. The highest BCUT2D eigenvalue weighted by molar-refractivity contribution is 7.13. The highest BCUT2D eigenvalue weighted by Gasteiger charge is 2.13. The van der Waals surface area contributed by atoms with Gasteiger partial charge >= 0.3 is 11.1 Å². The number of rotatable bonds is 4. The highest BCUT2D eigenvalue weighted by atomic mass is 32.1. The van der Waals surface area contributed by atoms with Gasteiger partial charge in [-0.25, -0.2) is 4.98 Å². The van der Waals surface area contributed by atoms with Gasteiger partial charge in [0.25, 0.3) is 0 Å². The predicted octanol–water partition coefficient (Wildman–Crippen LogP) is 1.96. The van der Waals surface area contributed by atoms with Gasteiger partial charge in [-0.2, -0.15) is 0 Å². The number of thiazole rings is 1. The molecule has 0 saturated carbocycles. The van der Waals surface area contributed by atoms with E-state index in [1.165, 1.54) is 20.5 Å². The maximum absolute atomic E-state index is 12.3. The Balaban J connectivity index is 1.64. The lowest BCUT2D eigenvalue weighted by molar-refractivity contribution is 0.420. The van der Waals surface area contributed by atoms with Crippen LogP contribution < -0.4 is 11.1 Å². The molecule has 0 aromatic carbocycles. The molecule has 1 aliphatic carbocycles. The molecule has 0 aliphatic heterocycles. The van der Waals surface area contributed by atoms with Crippen LogP contribution in [0.3, 0.4) is 0 Å². The zero-order valence-electron chi connectivity index (χ0n) is 12.5. The molecule has 0 saturated heterocycles. The fourth-order valence-corrected chi connectivity index (χ4v) is 3.10. The smallest absolute Gasteiger partial charge is 0.321 e. The quantitative estimate of drug-likeness (QED) is 0.535. The molecule has 0 unspecified atom stereocenters. The first-order chi connectivity index (χ1) is 11.7. The van der Waals surface area contributed by atoms with E-state index < -0.39 is 11.1 Å². The molecule has 24 heavy (non-hydrogen) atoms. The Morgan fingerprint density at radius 2 is 2.21 bits per heavy atom. The second-order valence-corrected chi connectivity index (χ2v) is 6.15. The standard InChI is InChI=1S/C16H12N4O3S/c21-15-16(22)20(12-3-1-2-4-12)7-6-19(15)10-11-9-13(23-18-11)14-17-5-8-24-14/h1,5-9H,2,4,10H2. The molecule has 7 nitrogen and oxygen atoms in total. The normalized spacial score (nSPS) is 13.4. The van der Waals surface area contributed by atoms with E-state index in [4.69, 9.17) is 4.52 Å². The van der Waals surface area contributed by atoms with Gasteiger partial charge in [0, 0.05) is 30.0 Å². The Kier molecular flexibility index (Phi) is 3.60. The van der Waals surface area contributed by atoms with Crippen LogP contribution in [0.2, 0.25) is 0 Å². The van der Waals surface area contributed by atoms with Gasteiger partial charge in [0.05, 0.1) is 12.2 Å².